The molecule has 1 amide bonds. The zero-order valence-corrected chi connectivity index (χ0v) is 11.4. The fourth-order valence-corrected chi connectivity index (χ4v) is 1.29. The molecule has 1 unspecified atom stereocenters. The van der Waals surface area contributed by atoms with Crippen LogP contribution in [0.15, 0.2) is 0 Å². The molecular weight excluding hydrogens is 238 g/mol. The van der Waals surface area contributed by atoms with Crippen molar-refractivity contribution in [2.45, 2.75) is 39.8 Å². The third kappa shape index (κ3) is 6.56. The summed E-state index contributed by atoms with van der Waals surface area (Å²) in [7, 11) is 0. The summed E-state index contributed by atoms with van der Waals surface area (Å²) in [5.74, 6) is -1.64. The number of hydrogen-bond donors (Lipinski definition) is 2. The van der Waals surface area contributed by atoms with Crippen molar-refractivity contribution < 1.29 is 24.2 Å². The summed E-state index contributed by atoms with van der Waals surface area (Å²) in [5.41, 5.74) is 0. The van der Waals surface area contributed by atoms with E-state index in [0.29, 0.717) is 19.8 Å². The largest absolute Gasteiger partial charge is 0.480 e. The lowest BCUT2D eigenvalue weighted by atomic mass is 10.0. The molecule has 0 aliphatic heterocycles. The van der Waals surface area contributed by atoms with E-state index in [-0.39, 0.29) is 5.92 Å². The maximum atomic E-state index is 11.7. The summed E-state index contributed by atoms with van der Waals surface area (Å²) in [4.78, 5) is 22.6. The van der Waals surface area contributed by atoms with Crippen molar-refractivity contribution >= 4 is 11.9 Å². The highest BCUT2D eigenvalue weighted by Gasteiger charge is 2.25. The van der Waals surface area contributed by atoms with Crippen molar-refractivity contribution in [2.24, 2.45) is 5.92 Å². The van der Waals surface area contributed by atoms with E-state index < -0.39 is 24.0 Å². The van der Waals surface area contributed by atoms with E-state index in [0.717, 1.165) is 0 Å². The van der Waals surface area contributed by atoms with Crippen LogP contribution in [-0.4, -0.2) is 48.9 Å². The number of carbonyl (C=O) groups excluding carboxylic acids is 1. The number of ether oxygens (including phenoxy) is 2. The van der Waals surface area contributed by atoms with Crippen molar-refractivity contribution in [3.63, 3.8) is 0 Å². The summed E-state index contributed by atoms with van der Waals surface area (Å²) < 4.78 is 10.3. The first-order valence-electron chi connectivity index (χ1n) is 6.12. The Balaban J connectivity index is 4.09. The normalized spacial score (nSPS) is 14.3. The highest BCUT2D eigenvalue weighted by molar-refractivity contribution is 5.86. The summed E-state index contributed by atoms with van der Waals surface area (Å²) in [5, 5.41) is 11.4. The topological polar surface area (TPSA) is 84.9 Å². The molecule has 0 spiro atoms. The van der Waals surface area contributed by atoms with Crippen LogP contribution in [0, 0.1) is 5.92 Å². The lowest BCUT2D eigenvalue weighted by Gasteiger charge is -2.20. The Morgan fingerprint density at radius 2 is 1.83 bits per heavy atom. The molecule has 2 N–H and O–H groups in total. The SMILES string of the molecule is CCOCCOC(C)C(=O)N[C@@H](C(=O)O)C(C)C. The van der Waals surface area contributed by atoms with E-state index >= 15 is 0 Å². The van der Waals surface area contributed by atoms with Gasteiger partial charge in [-0.3, -0.25) is 4.79 Å². The molecule has 0 saturated heterocycles. The first-order valence-corrected chi connectivity index (χ1v) is 6.12. The minimum atomic E-state index is -1.04. The van der Waals surface area contributed by atoms with Crippen molar-refractivity contribution in [3.8, 4) is 0 Å². The molecule has 0 aromatic rings. The Labute approximate surface area is 108 Å². The van der Waals surface area contributed by atoms with Crippen molar-refractivity contribution in [1.82, 2.24) is 5.32 Å². The first kappa shape index (κ1) is 16.9. The number of rotatable bonds is 9. The monoisotopic (exact) mass is 261 g/mol. The molecule has 6 nitrogen and oxygen atoms in total. The molecule has 6 heteroatoms. The van der Waals surface area contributed by atoms with Gasteiger partial charge >= 0.3 is 5.97 Å². The Kier molecular flexibility index (Phi) is 8.32. The lowest BCUT2D eigenvalue weighted by molar-refractivity contribution is -0.145. The molecule has 0 aromatic heterocycles. The Morgan fingerprint density at radius 1 is 1.22 bits per heavy atom. The summed E-state index contributed by atoms with van der Waals surface area (Å²) in [6.07, 6.45) is -0.689. The highest BCUT2D eigenvalue weighted by atomic mass is 16.5. The van der Waals surface area contributed by atoms with Crippen LogP contribution in [0.4, 0.5) is 0 Å². The van der Waals surface area contributed by atoms with Crippen molar-refractivity contribution in [2.75, 3.05) is 19.8 Å². The molecule has 0 rings (SSSR count). The van der Waals surface area contributed by atoms with Crippen LogP contribution >= 0.6 is 0 Å². The number of nitrogens with one attached hydrogen (secondary N) is 1. The van der Waals surface area contributed by atoms with Crippen LogP contribution in [0.5, 0.6) is 0 Å². The predicted octanol–water partition coefficient (Wildman–Crippen LogP) is 0.653. The van der Waals surface area contributed by atoms with Gasteiger partial charge in [-0.25, -0.2) is 4.79 Å². The van der Waals surface area contributed by atoms with Gasteiger partial charge in [0.25, 0.3) is 0 Å². The van der Waals surface area contributed by atoms with Gasteiger partial charge < -0.3 is 19.9 Å². The second-order valence-electron chi connectivity index (χ2n) is 4.28. The summed E-state index contributed by atoms with van der Waals surface area (Å²) >= 11 is 0. The number of hydrogen-bond acceptors (Lipinski definition) is 4. The van der Waals surface area contributed by atoms with Gasteiger partial charge in [-0.1, -0.05) is 13.8 Å². The van der Waals surface area contributed by atoms with E-state index in [1.807, 2.05) is 6.92 Å². The van der Waals surface area contributed by atoms with E-state index in [9.17, 15) is 9.59 Å². The maximum Gasteiger partial charge on any atom is 0.326 e. The number of carbonyl (C=O) groups is 2. The van der Waals surface area contributed by atoms with Crippen LogP contribution < -0.4 is 5.32 Å². The first-order chi connectivity index (χ1) is 8.40. The van der Waals surface area contributed by atoms with Gasteiger partial charge in [0.05, 0.1) is 13.2 Å². The molecule has 0 aliphatic carbocycles. The zero-order chi connectivity index (χ0) is 14.1. The maximum absolute atomic E-state index is 11.7. The molecule has 18 heavy (non-hydrogen) atoms. The lowest BCUT2D eigenvalue weighted by Crippen LogP contribution is -2.48. The van der Waals surface area contributed by atoms with Crippen LogP contribution in [0.1, 0.15) is 27.7 Å². The third-order valence-electron chi connectivity index (χ3n) is 2.40. The van der Waals surface area contributed by atoms with Gasteiger partial charge in [0.1, 0.15) is 12.1 Å². The van der Waals surface area contributed by atoms with E-state index in [1.165, 1.54) is 0 Å². The number of amides is 1. The molecule has 0 saturated carbocycles. The quantitative estimate of drug-likeness (QED) is 0.595. The fraction of sp³-hybridized carbons (Fsp3) is 0.833. The average Bonchev–Trinajstić information content (AvgIpc) is 2.30. The third-order valence-corrected chi connectivity index (χ3v) is 2.40. The molecule has 2 atom stereocenters. The molecule has 106 valence electrons. The van der Waals surface area contributed by atoms with Gasteiger partial charge in [-0.15, -0.1) is 0 Å². The molecular formula is C12H23NO5. The average molecular weight is 261 g/mol. The summed E-state index contributed by atoms with van der Waals surface area (Å²) in [6.45, 7) is 8.25. The zero-order valence-electron chi connectivity index (χ0n) is 11.4. The fourth-order valence-electron chi connectivity index (χ4n) is 1.29. The molecule has 0 aromatic carbocycles. The molecule has 0 radical (unpaired) electrons. The number of aliphatic carboxylic acids is 1. The number of carboxylic acids is 1. The standard InChI is InChI=1S/C12H23NO5/c1-5-17-6-7-18-9(4)11(14)13-10(8(2)3)12(15)16/h8-10H,5-7H2,1-4H3,(H,13,14)(H,15,16)/t9?,10-/m1/s1. The van der Waals surface area contributed by atoms with Crippen LogP contribution in [-0.2, 0) is 19.1 Å². The molecule has 0 fully saturated rings. The molecule has 0 bridgehead atoms. The van der Waals surface area contributed by atoms with Crippen molar-refractivity contribution in [3.05, 3.63) is 0 Å². The molecule has 0 aliphatic rings. The van der Waals surface area contributed by atoms with Crippen molar-refractivity contribution in [1.29, 1.82) is 0 Å². The smallest absolute Gasteiger partial charge is 0.326 e. The Morgan fingerprint density at radius 3 is 2.28 bits per heavy atom. The predicted molar refractivity (Wildman–Crippen MR) is 66.3 cm³/mol. The highest BCUT2D eigenvalue weighted by Crippen LogP contribution is 2.03. The minimum absolute atomic E-state index is 0.179. The second-order valence-corrected chi connectivity index (χ2v) is 4.28. The molecule has 0 heterocycles. The second kappa shape index (κ2) is 8.88. The Bertz CT molecular complexity index is 267. The minimum Gasteiger partial charge on any atom is -0.480 e. The Hall–Kier alpha value is -1.14. The van der Waals surface area contributed by atoms with E-state index in [1.54, 1.807) is 20.8 Å². The summed E-state index contributed by atoms with van der Waals surface area (Å²) in [6, 6.07) is -0.893. The van der Waals surface area contributed by atoms with Gasteiger partial charge in [0, 0.05) is 6.61 Å². The van der Waals surface area contributed by atoms with E-state index in [2.05, 4.69) is 5.32 Å². The van der Waals surface area contributed by atoms with Crippen LogP contribution in [0.2, 0.25) is 0 Å². The van der Waals surface area contributed by atoms with Crippen LogP contribution in [0.3, 0.4) is 0 Å². The van der Waals surface area contributed by atoms with Gasteiger partial charge in [-0.05, 0) is 19.8 Å². The van der Waals surface area contributed by atoms with Gasteiger partial charge in [-0.2, -0.15) is 0 Å². The van der Waals surface area contributed by atoms with E-state index in [4.69, 9.17) is 14.6 Å². The van der Waals surface area contributed by atoms with Gasteiger partial charge in [0.15, 0.2) is 0 Å². The van der Waals surface area contributed by atoms with Crippen LogP contribution in [0.25, 0.3) is 0 Å². The van der Waals surface area contributed by atoms with Gasteiger partial charge in [0.2, 0.25) is 5.91 Å². The number of carboxylic acid groups (broad SMARTS) is 1.